The zero-order valence-electron chi connectivity index (χ0n) is 14.3. The maximum Gasteiger partial charge on any atom is 0.230 e. The zero-order valence-corrected chi connectivity index (χ0v) is 15.1. The molecule has 0 aliphatic rings. The molecule has 0 aliphatic heterocycles. The highest BCUT2D eigenvalue weighted by Gasteiger charge is 2.15. The number of hydrogen-bond donors (Lipinski definition) is 1. The second kappa shape index (κ2) is 7.44. The molecule has 1 N–H and O–H groups in total. The number of nitrogens with zero attached hydrogens (tertiary/aromatic N) is 3. The molecule has 2 heterocycles. The Balaban J connectivity index is 1.73. The summed E-state index contributed by atoms with van der Waals surface area (Å²) < 4.78 is 1.84. The van der Waals surface area contributed by atoms with Crippen LogP contribution in [0.3, 0.4) is 0 Å². The maximum absolute atomic E-state index is 12.2. The Morgan fingerprint density at radius 3 is 2.80 bits per heavy atom. The first kappa shape index (κ1) is 17.1. The fourth-order valence-electron chi connectivity index (χ4n) is 2.67. The van der Waals surface area contributed by atoms with Crippen molar-refractivity contribution in [3.8, 4) is 5.13 Å². The second-order valence-corrected chi connectivity index (χ2v) is 6.60. The molecule has 25 heavy (non-hydrogen) atoms. The zero-order chi connectivity index (χ0) is 17.8. The lowest BCUT2D eigenvalue weighted by Crippen LogP contribution is -2.14. The van der Waals surface area contributed by atoms with Gasteiger partial charge in [0.05, 0.1) is 17.8 Å². The molecule has 128 valence electrons. The van der Waals surface area contributed by atoms with E-state index in [0.717, 1.165) is 34.3 Å². The molecule has 0 bridgehead atoms. The maximum atomic E-state index is 12.2. The van der Waals surface area contributed by atoms with E-state index in [4.69, 9.17) is 0 Å². The van der Waals surface area contributed by atoms with Crippen LogP contribution in [0, 0.1) is 13.8 Å². The van der Waals surface area contributed by atoms with Gasteiger partial charge in [0.25, 0.3) is 0 Å². The van der Waals surface area contributed by atoms with Crippen molar-refractivity contribution in [2.45, 2.75) is 26.7 Å². The average molecular weight is 352 g/mol. The molecule has 1 aromatic carbocycles. The van der Waals surface area contributed by atoms with E-state index in [2.05, 4.69) is 22.0 Å². The van der Waals surface area contributed by atoms with Gasteiger partial charge < -0.3 is 5.32 Å². The number of rotatable bonds is 6. The minimum atomic E-state index is -0.0798. The predicted octanol–water partition coefficient (Wildman–Crippen LogP) is 3.86. The van der Waals surface area contributed by atoms with Crippen molar-refractivity contribution in [1.29, 1.82) is 0 Å². The van der Waals surface area contributed by atoms with Crippen LogP contribution in [0.1, 0.15) is 22.6 Å². The molecule has 0 saturated heterocycles. The van der Waals surface area contributed by atoms with Gasteiger partial charge in [0.2, 0.25) is 11.0 Å². The van der Waals surface area contributed by atoms with Gasteiger partial charge in [-0.25, -0.2) is 9.67 Å². The lowest BCUT2D eigenvalue weighted by atomic mass is 10.1. The third-order valence-corrected chi connectivity index (χ3v) is 4.77. The van der Waals surface area contributed by atoms with Crippen LogP contribution in [-0.2, 0) is 17.6 Å². The first-order valence-electron chi connectivity index (χ1n) is 8.04. The Hall–Kier alpha value is -2.73. The summed E-state index contributed by atoms with van der Waals surface area (Å²) >= 11 is 1.49. The number of carbonyl (C=O) groups is 1. The Morgan fingerprint density at radius 1 is 1.32 bits per heavy atom. The van der Waals surface area contributed by atoms with Crippen LogP contribution in [-0.4, -0.2) is 20.7 Å². The van der Waals surface area contributed by atoms with E-state index < -0.39 is 0 Å². The van der Waals surface area contributed by atoms with Gasteiger partial charge in [0.15, 0.2) is 0 Å². The molecule has 0 radical (unpaired) electrons. The third-order valence-electron chi connectivity index (χ3n) is 3.91. The summed E-state index contributed by atoms with van der Waals surface area (Å²) in [5.74, 6) is -0.0798. The lowest BCUT2D eigenvalue weighted by Gasteiger charge is -2.03. The summed E-state index contributed by atoms with van der Waals surface area (Å²) in [6.45, 7) is 7.82. The van der Waals surface area contributed by atoms with Crippen molar-refractivity contribution in [2.24, 2.45) is 0 Å². The first-order chi connectivity index (χ1) is 12.1. The van der Waals surface area contributed by atoms with Crippen LogP contribution in [0.15, 0.2) is 48.4 Å². The predicted molar refractivity (Wildman–Crippen MR) is 101 cm³/mol. The highest BCUT2D eigenvalue weighted by Crippen LogP contribution is 2.21. The van der Waals surface area contributed by atoms with Gasteiger partial charge in [-0.15, -0.1) is 17.9 Å². The molecule has 0 unspecified atom stereocenters. The molecule has 1 amide bonds. The quantitative estimate of drug-likeness (QED) is 0.685. The van der Waals surface area contributed by atoms with Gasteiger partial charge in [-0.05, 0) is 32.4 Å². The molecule has 3 aromatic rings. The fourth-order valence-corrected chi connectivity index (χ4v) is 3.49. The molecule has 0 atom stereocenters. The summed E-state index contributed by atoms with van der Waals surface area (Å²) in [4.78, 5) is 16.7. The number of allylic oxidation sites excluding steroid dienone is 1. The van der Waals surface area contributed by atoms with Crippen LogP contribution >= 0.6 is 11.3 Å². The number of para-hydroxylation sites is 1. The normalized spacial score (nSPS) is 10.6. The molecular weight excluding hydrogens is 332 g/mol. The lowest BCUT2D eigenvalue weighted by molar-refractivity contribution is -0.115. The van der Waals surface area contributed by atoms with E-state index >= 15 is 0 Å². The summed E-state index contributed by atoms with van der Waals surface area (Å²) in [5.41, 5.74) is 4.75. The number of amides is 1. The van der Waals surface area contributed by atoms with Gasteiger partial charge in [-0.1, -0.05) is 24.3 Å². The smallest absolute Gasteiger partial charge is 0.230 e. The number of thiazole rings is 1. The van der Waals surface area contributed by atoms with Crippen LogP contribution in [0.25, 0.3) is 5.13 Å². The molecule has 0 spiro atoms. The van der Waals surface area contributed by atoms with Gasteiger partial charge in [-0.3, -0.25) is 4.79 Å². The number of anilines is 1. The SMILES string of the molecule is C=CCc1c(C)nn(-c2nc(CC(=O)Nc3ccccc3)cs2)c1C. The topological polar surface area (TPSA) is 59.8 Å². The van der Waals surface area contributed by atoms with Crippen LogP contribution in [0.2, 0.25) is 0 Å². The van der Waals surface area contributed by atoms with Crippen LogP contribution < -0.4 is 5.32 Å². The summed E-state index contributed by atoms with van der Waals surface area (Å²) in [6.07, 6.45) is 2.90. The molecule has 5 nitrogen and oxygen atoms in total. The molecular formula is C19H20N4OS. The van der Waals surface area contributed by atoms with Crippen molar-refractivity contribution in [3.63, 3.8) is 0 Å². The van der Waals surface area contributed by atoms with E-state index in [1.807, 2.05) is 60.3 Å². The number of carbonyl (C=O) groups excluding carboxylic acids is 1. The Morgan fingerprint density at radius 2 is 2.08 bits per heavy atom. The molecule has 3 rings (SSSR count). The largest absolute Gasteiger partial charge is 0.326 e. The molecule has 6 heteroatoms. The molecule has 0 aliphatic carbocycles. The standard InChI is InChI=1S/C19H20N4OS/c1-4-8-17-13(2)22-23(14(17)3)19-21-16(12-25-19)11-18(24)20-15-9-6-5-7-10-15/h4-7,9-10,12H,1,8,11H2,2-3H3,(H,20,24). The van der Waals surface area contributed by atoms with Gasteiger partial charge >= 0.3 is 0 Å². The number of nitrogens with one attached hydrogen (secondary N) is 1. The third kappa shape index (κ3) is 3.85. The minimum Gasteiger partial charge on any atom is -0.326 e. The molecule has 2 aromatic heterocycles. The molecule has 0 fully saturated rings. The van der Waals surface area contributed by atoms with Crippen molar-refractivity contribution in [2.75, 3.05) is 5.32 Å². The van der Waals surface area contributed by atoms with Crippen molar-refractivity contribution < 1.29 is 4.79 Å². The van der Waals surface area contributed by atoms with E-state index in [1.54, 1.807) is 0 Å². The van der Waals surface area contributed by atoms with Crippen LogP contribution in [0.5, 0.6) is 0 Å². The van der Waals surface area contributed by atoms with Gasteiger partial charge in [0, 0.05) is 22.3 Å². The summed E-state index contributed by atoms with van der Waals surface area (Å²) in [6, 6.07) is 9.42. The highest BCUT2D eigenvalue weighted by atomic mass is 32.1. The van der Waals surface area contributed by atoms with Crippen molar-refractivity contribution in [1.82, 2.24) is 14.8 Å². The fraction of sp³-hybridized carbons (Fsp3) is 0.211. The van der Waals surface area contributed by atoms with E-state index in [1.165, 1.54) is 16.9 Å². The summed E-state index contributed by atoms with van der Waals surface area (Å²) in [7, 11) is 0. The Labute approximate surface area is 151 Å². The number of benzene rings is 1. The van der Waals surface area contributed by atoms with Crippen molar-refractivity contribution >= 4 is 22.9 Å². The monoisotopic (exact) mass is 352 g/mol. The number of hydrogen-bond acceptors (Lipinski definition) is 4. The van der Waals surface area contributed by atoms with Crippen LogP contribution in [0.4, 0.5) is 5.69 Å². The second-order valence-electron chi connectivity index (χ2n) is 5.77. The Bertz CT molecular complexity index is 896. The average Bonchev–Trinajstić information content (AvgIpc) is 3.15. The van der Waals surface area contributed by atoms with E-state index in [0.29, 0.717) is 0 Å². The van der Waals surface area contributed by atoms with Gasteiger partial charge in [-0.2, -0.15) is 5.10 Å². The molecule has 0 saturated carbocycles. The number of aryl methyl sites for hydroxylation is 1. The highest BCUT2D eigenvalue weighted by molar-refractivity contribution is 7.12. The Kier molecular flexibility index (Phi) is 5.09. The number of aromatic nitrogens is 3. The van der Waals surface area contributed by atoms with Crippen molar-refractivity contribution in [3.05, 3.63) is 71.0 Å². The van der Waals surface area contributed by atoms with E-state index in [-0.39, 0.29) is 12.3 Å². The van der Waals surface area contributed by atoms with Gasteiger partial charge in [0.1, 0.15) is 0 Å². The first-order valence-corrected chi connectivity index (χ1v) is 8.92. The minimum absolute atomic E-state index is 0.0798. The van der Waals surface area contributed by atoms with E-state index in [9.17, 15) is 4.79 Å². The summed E-state index contributed by atoms with van der Waals surface area (Å²) in [5, 5.41) is 10.1.